The molecule has 3 N–H and O–H groups in total. The van der Waals surface area contributed by atoms with Crippen molar-refractivity contribution in [3.05, 3.63) is 24.3 Å². The molecule has 8 heteroatoms. The lowest BCUT2D eigenvalue weighted by Gasteiger charge is -2.31. The van der Waals surface area contributed by atoms with Gasteiger partial charge in [-0.15, -0.1) is 0 Å². The van der Waals surface area contributed by atoms with E-state index in [0.29, 0.717) is 18.8 Å². The molecule has 3 aromatic heterocycles. The molecular weight excluding hydrogens is 390 g/mol. The molecule has 3 heterocycles. The van der Waals surface area contributed by atoms with Gasteiger partial charge >= 0.3 is 0 Å². The minimum Gasteiger partial charge on any atom is -0.346 e. The van der Waals surface area contributed by atoms with Gasteiger partial charge in [0.25, 0.3) is 0 Å². The Hall–Kier alpha value is -2.92. The fraction of sp³-hybridized carbons (Fsp3) is 0.565. The molecule has 0 aromatic carbocycles. The summed E-state index contributed by atoms with van der Waals surface area (Å²) in [6.45, 7) is 6.32. The lowest BCUT2D eigenvalue weighted by Crippen LogP contribution is -2.31. The number of nitrogens with zero attached hydrogens (tertiary/aromatic N) is 5. The Morgan fingerprint density at radius 3 is 2.77 bits per heavy atom. The smallest absolute Gasteiger partial charge is 0.139 e. The number of hydrogen-bond donors (Lipinski definition) is 3. The van der Waals surface area contributed by atoms with Gasteiger partial charge in [-0.1, -0.05) is 20.8 Å². The van der Waals surface area contributed by atoms with Gasteiger partial charge in [-0.2, -0.15) is 5.26 Å². The lowest BCUT2D eigenvalue weighted by atomic mass is 9.84. The molecule has 0 aliphatic heterocycles. The van der Waals surface area contributed by atoms with E-state index < -0.39 is 0 Å². The van der Waals surface area contributed by atoms with Crippen molar-refractivity contribution in [2.24, 2.45) is 11.3 Å². The Morgan fingerprint density at radius 1 is 1.35 bits per heavy atom. The SMILES string of the molecule is CC(C)(C)CC(=N)N(O)Cc1nc2cnc3[nH]ccc3c2n1C1CCC(CC#N)CC1. The summed E-state index contributed by atoms with van der Waals surface area (Å²) in [5, 5.41) is 30.1. The maximum Gasteiger partial charge on any atom is 0.139 e. The van der Waals surface area contributed by atoms with Crippen molar-refractivity contribution in [2.45, 2.75) is 71.9 Å². The summed E-state index contributed by atoms with van der Waals surface area (Å²) in [4.78, 5) is 12.5. The third-order valence-electron chi connectivity index (χ3n) is 6.17. The number of aromatic amines is 1. The fourth-order valence-electron chi connectivity index (χ4n) is 4.70. The second-order valence-corrected chi connectivity index (χ2v) is 9.91. The highest BCUT2D eigenvalue weighted by Crippen LogP contribution is 2.38. The van der Waals surface area contributed by atoms with Gasteiger partial charge in [0.1, 0.15) is 29.4 Å². The number of aromatic nitrogens is 4. The van der Waals surface area contributed by atoms with Gasteiger partial charge in [0.2, 0.25) is 0 Å². The predicted molar refractivity (Wildman–Crippen MR) is 120 cm³/mol. The van der Waals surface area contributed by atoms with Crippen LogP contribution in [-0.2, 0) is 6.54 Å². The number of hydroxylamine groups is 2. The van der Waals surface area contributed by atoms with Crippen molar-refractivity contribution in [1.29, 1.82) is 10.7 Å². The summed E-state index contributed by atoms with van der Waals surface area (Å²) in [5.74, 6) is 1.40. The number of fused-ring (bicyclic) bond motifs is 3. The van der Waals surface area contributed by atoms with E-state index >= 15 is 0 Å². The van der Waals surface area contributed by atoms with E-state index in [1.54, 1.807) is 6.20 Å². The van der Waals surface area contributed by atoms with E-state index in [4.69, 9.17) is 15.7 Å². The first-order valence-corrected chi connectivity index (χ1v) is 11.0. The molecule has 31 heavy (non-hydrogen) atoms. The lowest BCUT2D eigenvalue weighted by molar-refractivity contribution is -0.0312. The molecule has 0 bridgehead atoms. The van der Waals surface area contributed by atoms with Crippen molar-refractivity contribution >= 4 is 27.9 Å². The molecule has 4 rings (SSSR count). The average Bonchev–Trinajstić information content (AvgIpc) is 3.31. The second kappa shape index (κ2) is 8.31. The molecule has 1 saturated carbocycles. The third-order valence-corrected chi connectivity index (χ3v) is 6.17. The van der Waals surface area contributed by atoms with Crippen LogP contribution < -0.4 is 0 Å². The van der Waals surface area contributed by atoms with Crippen LogP contribution in [0.3, 0.4) is 0 Å². The Kier molecular flexibility index (Phi) is 5.71. The largest absolute Gasteiger partial charge is 0.346 e. The molecule has 0 amide bonds. The van der Waals surface area contributed by atoms with Gasteiger partial charge in [-0.05, 0) is 43.1 Å². The van der Waals surface area contributed by atoms with Crippen molar-refractivity contribution in [3.8, 4) is 6.07 Å². The normalized spacial score (nSPS) is 19.6. The van der Waals surface area contributed by atoms with E-state index in [1.165, 1.54) is 0 Å². The Labute approximate surface area is 182 Å². The maximum absolute atomic E-state index is 10.7. The van der Waals surface area contributed by atoms with Gasteiger partial charge in [0.15, 0.2) is 0 Å². The highest BCUT2D eigenvalue weighted by atomic mass is 16.5. The minimum absolute atomic E-state index is 0.0848. The van der Waals surface area contributed by atoms with Gasteiger partial charge < -0.3 is 9.55 Å². The van der Waals surface area contributed by atoms with Crippen LogP contribution in [0.4, 0.5) is 0 Å². The van der Waals surface area contributed by atoms with E-state index in [-0.39, 0.29) is 23.8 Å². The number of pyridine rings is 1. The van der Waals surface area contributed by atoms with Crippen LogP contribution in [-0.4, -0.2) is 35.6 Å². The molecule has 3 aromatic rings. The first kappa shape index (κ1) is 21.3. The van der Waals surface area contributed by atoms with Gasteiger partial charge in [-0.3, -0.25) is 10.6 Å². The molecule has 164 valence electrons. The van der Waals surface area contributed by atoms with Gasteiger partial charge in [0, 0.05) is 30.5 Å². The standard InChI is InChI=1S/C23H31N7O/c1-23(2,3)12-19(25)29(31)14-20-28-18-13-27-22-17(9-11-26-22)21(18)30(20)16-6-4-15(5-7-16)8-10-24/h9,11,13,15-16,25,31H,4-8,12,14H2,1-3H3,(H,26,27). The molecular formula is C23H31N7O. The summed E-state index contributed by atoms with van der Waals surface area (Å²) in [7, 11) is 0. The number of imidazole rings is 1. The molecule has 0 radical (unpaired) electrons. The zero-order chi connectivity index (χ0) is 22.2. The molecule has 1 fully saturated rings. The van der Waals surface area contributed by atoms with Crippen LogP contribution in [0.15, 0.2) is 18.5 Å². The summed E-state index contributed by atoms with van der Waals surface area (Å²) >= 11 is 0. The molecule has 1 aliphatic rings. The first-order valence-electron chi connectivity index (χ1n) is 11.0. The molecule has 0 spiro atoms. The van der Waals surface area contributed by atoms with Crippen molar-refractivity contribution in [2.75, 3.05) is 0 Å². The van der Waals surface area contributed by atoms with E-state index in [1.807, 2.05) is 12.3 Å². The highest BCUT2D eigenvalue weighted by molar-refractivity contribution is 6.01. The van der Waals surface area contributed by atoms with Crippen molar-refractivity contribution in [1.82, 2.24) is 24.6 Å². The van der Waals surface area contributed by atoms with Crippen LogP contribution >= 0.6 is 0 Å². The Balaban J connectivity index is 1.70. The average molecular weight is 422 g/mol. The highest BCUT2D eigenvalue weighted by Gasteiger charge is 2.28. The van der Waals surface area contributed by atoms with Crippen LogP contribution in [0, 0.1) is 28.1 Å². The molecule has 0 unspecified atom stereocenters. The van der Waals surface area contributed by atoms with Gasteiger partial charge in [-0.25, -0.2) is 15.0 Å². The Bertz CT molecular complexity index is 1120. The maximum atomic E-state index is 10.7. The number of nitrogens with one attached hydrogen (secondary N) is 2. The number of rotatable bonds is 5. The first-order chi connectivity index (χ1) is 14.8. The van der Waals surface area contributed by atoms with Crippen molar-refractivity contribution < 1.29 is 5.21 Å². The number of hydrogen-bond acceptors (Lipinski definition) is 5. The van der Waals surface area contributed by atoms with E-state index in [9.17, 15) is 5.21 Å². The molecule has 0 saturated heterocycles. The summed E-state index contributed by atoms with van der Waals surface area (Å²) in [5.41, 5.74) is 2.57. The minimum atomic E-state index is -0.0848. The fourth-order valence-corrected chi connectivity index (χ4v) is 4.70. The van der Waals surface area contributed by atoms with Gasteiger partial charge in [0.05, 0.1) is 17.8 Å². The van der Waals surface area contributed by atoms with Crippen LogP contribution in [0.1, 0.15) is 71.2 Å². The van der Waals surface area contributed by atoms with Crippen LogP contribution in [0.2, 0.25) is 0 Å². The second-order valence-electron chi connectivity index (χ2n) is 9.91. The Morgan fingerprint density at radius 2 is 2.10 bits per heavy atom. The van der Waals surface area contributed by atoms with Crippen LogP contribution in [0.5, 0.6) is 0 Å². The van der Waals surface area contributed by atoms with Crippen LogP contribution in [0.25, 0.3) is 22.1 Å². The monoisotopic (exact) mass is 421 g/mol. The number of H-pyrrole nitrogens is 1. The number of amidine groups is 1. The summed E-state index contributed by atoms with van der Waals surface area (Å²) < 4.78 is 2.25. The summed E-state index contributed by atoms with van der Waals surface area (Å²) in [6.07, 6.45) is 8.74. The van der Waals surface area contributed by atoms with E-state index in [2.05, 4.69) is 41.4 Å². The molecule has 1 aliphatic carbocycles. The predicted octanol–water partition coefficient (Wildman–Crippen LogP) is 5.16. The molecule has 8 nitrogen and oxygen atoms in total. The third kappa shape index (κ3) is 4.42. The topological polar surface area (TPSA) is 118 Å². The number of nitriles is 1. The zero-order valence-electron chi connectivity index (χ0n) is 18.5. The van der Waals surface area contributed by atoms with E-state index in [0.717, 1.165) is 58.6 Å². The quantitative estimate of drug-likeness (QED) is 0.299. The zero-order valence-corrected chi connectivity index (χ0v) is 18.5. The molecule has 0 atom stereocenters. The summed E-state index contributed by atoms with van der Waals surface area (Å²) in [6, 6.07) is 4.58. The van der Waals surface area contributed by atoms with Crippen molar-refractivity contribution in [3.63, 3.8) is 0 Å².